The van der Waals surface area contributed by atoms with Crippen molar-refractivity contribution in [1.29, 1.82) is 0 Å². The maximum atomic E-state index is 13.2. The molecule has 4 bridgehead atoms. The first kappa shape index (κ1) is 18.6. The fourth-order valence-corrected chi connectivity index (χ4v) is 6.44. The Morgan fingerprint density at radius 2 is 1.69 bits per heavy atom. The van der Waals surface area contributed by atoms with Crippen LogP contribution in [0.4, 0.5) is 16.2 Å². The number of carbonyl (C=O) groups is 2. The summed E-state index contributed by atoms with van der Waals surface area (Å²) in [5, 5.41) is 17.1. The maximum Gasteiger partial charge on any atom is 0.291 e. The van der Waals surface area contributed by atoms with Crippen LogP contribution in [0, 0.1) is 23.2 Å². The lowest BCUT2D eigenvalue weighted by Gasteiger charge is -2.55. The van der Waals surface area contributed by atoms with Crippen LogP contribution in [-0.2, 0) is 11.8 Å². The SMILES string of the molecule is Cn1nnnc1SC(=O)Nc1cccc(NC(=O)C23CC4CC(CC(C4)C2)C3)c1. The van der Waals surface area contributed by atoms with Gasteiger partial charge < -0.3 is 10.6 Å². The van der Waals surface area contributed by atoms with E-state index in [1.54, 1.807) is 19.2 Å². The molecule has 8 nitrogen and oxygen atoms in total. The highest BCUT2D eigenvalue weighted by Gasteiger charge is 2.54. The monoisotopic (exact) mass is 412 g/mol. The number of amides is 2. The van der Waals surface area contributed by atoms with Gasteiger partial charge in [0.2, 0.25) is 11.1 Å². The molecule has 152 valence electrons. The Morgan fingerprint density at radius 1 is 1.07 bits per heavy atom. The summed E-state index contributed by atoms with van der Waals surface area (Å²) in [5.74, 6) is 2.33. The summed E-state index contributed by atoms with van der Waals surface area (Å²) in [6, 6.07) is 7.30. The minimum Gasteiger partial charge on any atom is -0.326 e. The van der Waals surface area contributed by atoms with Crippen LogP contribution in [0.3, 0.4) is 0 Å². The van der Waals surface area contributed by atoms with E-state index in [0.29, 0.717) is 16.5 Å². The van der Waals surface area contributed by atoms with E-state index in [1.807, 2.05) is 12.1 Å². The van der Waals surface area contributed by atoms with Gasteiger partial charge in [0.25, 0.3) is 5.24 Å². The number of anilines is 2. The van der Waals surface area contributed by atoms with E-state index in [9.17, 15) is 9.59 Å². The summed E-state index contributed by atoms with van der Waals surface area (Å²) in [6.07, 6.45) is 7.03. The summed E-state index contributed by atoms with van der Waals surface area (Å²) in [7, 11) is 1.68. The van der Waals surface area contributed by atoms with Gasteiger partial charge in [-0.3, -0.25) is 9.59 Å². The third kappa shape index (κ3) is 3.63. The van der Waals surface area contributed by atoms with Crippen LogP contribution in [-0.4, -0.2) is 31.4 Å². The zero-order valence-corrected chi connectivity index (χ0v) is 17.1. The van der Waals surface area contributed by atoms with Crippen LogP contribution in [0.2, 0.25) is 0 Å². The van der Waals surface area contributed by atoms with E-state index in [1.165, 1.54) is 23.9 Å². The Kier molecular flexibility index (Phi) is 4.57. The Hall–Kier alpha value is -2.42. The number of hydrogen-bond donors (Lipinski definition) is 2. The van der Waals surface area contributed by atoms with Gasteiger partial charge in [0.1, 0.15) is 0 Å². The highest BCUT2D eigenvalue weighted by Crippen LogP contribution is 2.60. The van der Waals surface area contributed by atoms with Crippen molar-refractivity contribution in [3.63, 3.8) is 0 Å². The van der Waals surface area contributed by atoms with Gasteiger partial charge in [0.05, 0.1) is 5.41 Å². The molecule has 1 aromatic carbocycles. The van der Waals surface area contributed by atoms with Crippen molar-refractivity contribution in [1.82, 2.24) is 20.2 Å². The number of rotatable bonds is 4. The molecule has 2 amide bonds. The number of hydrogen-bond acceptors (Lipinski definition) is 6. The van der Waals surface area contributed by atoms with E-state index in [-0.39, 0.29) is 16.6 Å². The average Bonchev–Trinajstić information content (AvgIpc) is 3.05. The molecule has 0 atom stereocenters. The lowest BCUT2D eigenvalue weighted by Crippen LogP contribution is -2.51. The molecule has 4 fully saturated rings. The molecule has 0 saturated heterocycles. The van der Waals surface area contributed by atoms with Gasteiger partial charge in [-0.05, 0) is 84.9 Å². The zero-order chi connectivity index (χ0) is 20.0. The van der Waals surface area contributed by atoms with E-state index >= 15 is 0 Å². The Bertz CT molecular complexity index is 923. The van der Waals surface area contributed by atoms with Crippen LogP contribution in [0.25, 0.3) is 0 Å². The topological polar surface area (TPSA) is 102 Å². The van der Waals surface area contributed by atoms with Gasteiger partial charge >= 0.3 is 0 Å². The highest BCUT2D eigenvalue weighted by molar-refractivity contribution is 8.13. The van der Waals surface area contributed by atoms with Crippen molar-refractivity contribution in [2.45, 2.75) is 43.7 Å². The van der Waals surface area contributed by atoms with Gasteiger partial charge in [-0.1, -0.05) is 6.07 Å². The molecule has 2 aromatic rings. The quantitative estimate of drug-likeness (QED) is 0.743. The Morgan fingerprint density at radius 3 is 2.28 bits per heavy atom. The summed E-state index contributed by atoms with van der Waals surface area (Å²) >= 11 is 0.920. The van der Waals surface area contributed by atoms with E-state index in [0.717, 1.165) is 48.8 Å². The molecule has 4 saturated carbocycles. The molecule has 29 heavy (non-hydrogen) atoms. The summed E-state index contributed by atoms with van der Waals surface area (Å²) in [4.78, 5) is 25.5. The second kappa shape index (κ2) is 7.12. The molecular weight excluding hydrogens is 388 g/mol. The van der Waals surface area contributed by atoms with Crippen molar-refractivity contribution in [2.24, 2.45) is 30.2 Å². The van der Waals surface area contributed by atoms with Crippen LogP contribution in [0.1, 0.15) is 38.5 Å². The molecule has 0 spiro atoms. The summed E-state index contributed by atoms with van der Waals surface area (Å²) in [5.41, 5.74) is 1.15. The maximum absolute atomic E-state index is 13.2. The number of carbonyl (C=O) groups excluding carboxylic acids is 2. The van der Waals surface area contributed by atoms with Gasteiger partial charge in [-0.15, -0.1) is 5.10 Å². The molecule has 0 unspecified atom stereocenters. The molecule has 0 radical (unpaired) electrons. The van der Waals surface area contributed by atoms with Crippen molar-refractivity contribution in [3.8, 4) is 0 Å². The van der Waals surface area contributed by atoms with Gasteiger partial charge in [0.15, 0.2) is 0 Å². The van der Waals surface area contributed by atoms with Gasteiger partial charge in [-0.2, -0.15) is 0 Å². The van der Waals surface area contributed by atoms with E-state index < -0.39 is 0 Å². The van der Waals surface area contributed by atoms with Crippen molar-refractivity contribution in [3.05, 3.63) is 24.3 Å². The number of benzene rings is 1. The number of tetrazole rings is 1. The third-order valence-corrected chi connectivity index (χ3v) is 7.47. The number of aryl methyl sites for hydroxylation is 1. The number of nitrogens with zero attached hydrogens (tertiary/aromatic N) is 4. The highest BCUT2D eigenvalue weighted by atomic mass is 32.2. The predicted octanol–water partition coefficient (Wildman–Crippen LogP) is 3.69. The Balaban J connectivity index is 1.25. The van der Waals surface area contributed by atoms with Crippen molar-refractivity contribution >= 4 is 34.3 Å². The lowest BCUT2D eigenvalue weighted by molar-refractivity contribution is -0.140. The predicted molar refractivity (Wildman–Crippen MR) is 109 cm³/mol. The largest absolute Gasteiger partial charge is 0.326 e. The van der Waals surface area contributed by atoms with E-state index in [4.69, 9.17) is 0 Å². The minimum atomic E-state index is -0.285. The number of thioether (sulfide) groups is 1. The van der Waals surface area contributed by atoms with Crippen LogP contribution in [0.15, 0.2) is 29.4 Å². The fraction of sp³-hybridized carbons (Fsp3) is 0.550. The van der Waals surface area contributed by atoms with Crippen LogP contribution < -0.4 is 10.6 Å². The summed E-state index contributed by atoms with van der Waals surface area (Å²) < 4.78 is 1.44. The van der Waals surface area contributed by atoms with Crippen molar-refractivity contribution < 1.29 is 9.59 Å². The van der Waals surface area contributed by atoms with E-state index in [2.05, 4.69) is 26.2 Å². The molecule has 4 aliphatic carbocycles. The normalized spacial score (nSPS) is 29.6. The molecular formula is C20H24N6O2S. The minimum absolute atomic E-state index is 0.152. The first-order chi connectivity index (χ1) is 14.0. The first-order valence-corrected chi connectivity index (χ1v) is 10.9. The first-order valence-electron chi connectivity index (χ1n) is 10.1. The standard InChI is InChI=1S/C20H24N6O2S/c1-26-18(23-24-25-26)29-19(28)22-16-4-2-3-15(8-16)21-17(27)20-9-12-5-13(10-20)7-14(6-12)11-20/h2-4,8,12-14H,5-7,9-11H2,1H3,(H,21,27)(H,22,28). The second-order valence-corrected chi connectivity index (χ2v) is 9.77. The number of aromatic nitrogens is 4. The molecule has 1 heterocycles. The fourth-order valence-electron chi connectivity index (χ4n) is 5.86. The van der Waals surface area contributed by atoms with Gasteiger partial charge in [0, 0.05) is 30.2 Å². The third-order valence-electron chi connectivity index (χ3n) is 6.65. The molecule has 6 rings (SSSR count). The Labute approximate surface area is 173 Å². The van der Waals surface area contributed by atoms with Gasteiger partial charge in [-0.25, -0.2) is 4.68 Å². The lowest BCUT2D eigenvalue weighted by atomic mass is 9.49. The average molecular weight is 413 g/mol. The number of nitrogens with one attached hydrogen (secondary N) is 2. The second-order valence-electron chi connectivity index (χ2n) is 8.83. The summed E-state index contributed by atoms with van der Waals surface area (Å²) in [6.45, 7) is 0. The van der Waals surface area contributed by atoms with Crippen LogP contribution in [0.5, 0.6) is 0 Å². The van der Waals surface area contributed by atoms with Crippen LogP contribution >= 0.6 is 11.8 Å². The molecule has 1 aromatic heterocycles. The molecule has 2 N–H and O–H groups in total. The smallest absolute Gasteiger partial charge is 0.291 e. The molecule has 0 aliphatic heterocycles. The zero-order valence-electron chi connectivity index (χ0n) is 16.3. The van der Waals surface area contributed by atoms with Crippen molar-refractivity contribution in [2.75, 3.05) is 10.6 Å². The molecule has 9 heteroatoms. The molecule has 4 aliphatic rings.